The van der Waals surface area contributed by atoms with Crippen LogP contribution in [-0.2, 0) is 24.3 Å². The molecule has 138 valence electrons. The largest absolute Gasteiger partial charge is 0.478 e. The Kier molecular flexibility index (Phi) is 6.06. The molecule has 1 aromatic carbocycles. The van der Waals surface area contributed by atoms with Gasteiger partial charge in [-0.3, -0.25) is 4.79 Å². The Morgan fingerprint density at radius 2 is 2.16 bits per heavy atom. The molecule has 0 unspecified atom stereocenters. The van der Waals surface area contributed by atoms with Crippen molar-refractivity contribution in [3.8, 4) is 0 Å². The van der Waals surface area contributed by atoms with Gasteiger partial charge >= 0.3 is 5.97 Å². The Balaban J connectivity index is 2.22. The molecule has 1 saturated heterocycles. The van der Waals surface area contributed by atoms with Crippen LogP contribution in [0.1, 0.15) is 16.8 Å². The number of rotatable bonds is 7. The average molecular weight is 376 g/mol. The molecule has 1 amide bonds. The second kappa shape index (κ2) is 7.87. The van der Waals surface area contributed by atoms with E-state index in [0.29, 0.717) is 13.0 Å². The van der Waals surface area contributed by atoms with Crippen molar-refractivity contribution in [1.82, 2.24) is 4.72 Å². The van der Waals surface area contributed by atoms with Crippen LogP contribution in [0.3, 0.4) is 0 Å². The van der Waals surface area contributed by atoms with E-state index in [2.05, 4.69) is 4.72 Å². The number of amides is 1. The highest BCUT2D eigenvalue weighted by molar-refractivity contribution is 7.89. The van der Waals surface area contributed by atoms with Crippen LogP contribution in [-0.4, -0.2) is 57.4 Å². The van der Waals surface area contributed by atoms with Crippen LogP contribution in [0.15, 0.2) is 23.1 Å². The minimum atomic E-state index is -4.38. The summed E-state index contributed by atoms with van der Waals surface area (Å²) in [6.07, 6.45) is -0.389. The van der Waals surface area contributed by atoms with Crippen LogP contribution in [0, 0.1) is 5.82 Å². The number of benzene rings is 1. The molecule has 0 spiro atoms. The maximum atomic E-state index is 13.9. The molecule has 11 heteroatoms. The highest BCUT2D eigenvalue weighted by Crippen LogP contribution is 2.19. The van der Waals surface area contributed by atoms with Crippen molar-refractivity contribution in [2.45, 2.75) is 23.5 Å². The Labute approximate surface area is 143 Å². The van der Waals surface area contributed by atoms with E-state index in [9.17, 15) is 22.4 Å². The van der Waals surface area contributed by atoms with E-state index in [1.165, 1.54) is 0 Å². The minimum absolute atomic E-state index is 0.0527. The lowest BCUT2D eigenvalue weighted by atomic mass is 10.1. The zero-order valence-electron chi connectivity index (χ0n) is 13.0. The Hall–Kier alpha value is -2.08. The molecule has 1 aliphatic rings. The van der Waals surface area contributed by atoms with E-state index in [1.807, 2.05) is 0 Å². The first-order valence-electron chi connectivity index (χ1n) is 7.23. The van der Waals surface area contributed by atoms with Gasteiger partial charge in [-0.1, -0.05) is 0 Å². The van der Waals surface area contributed by atoms with Gasteiger partial charge in [0.1, 0.15) is 17.3 Å². The normalized spacial score (nSPS) is 21.0. The van der Waals surface area contributed by atoms with E-state index in [-0.39, 0.29) is 12.2 Å². The molecule has 1 fully saturated rings. The first-order chi connectivity index (χ1) is 11.7. The number of aromatic carboxylic acids is 1. The van der Waals surface area contributed by atoms with Crippen LogP contribution in [0.25, 0.3) is 0 Å². The van der Waals surface area contributed by atoms with E-state index in [0.717, 1.165) is 18.2 Å². The summed E-state index contributed by atoms with van der Waals surface area (Å²) in [5.41, 5.74) is 4.63. The maximum Gasteiger partial charge on any atom is 0.335 e. The SMILES string of the molecule is NC(=O)CO[C@H]1CCOC[C@H]1NS(=O)(=O)c1cc(C(=O)O)ccc1F. The van der Waals surface area contributed by atoms with Gasteiger partial charge in [-0.05, 0) is 24.6 Å². The third-order valence-corrected chi connectivity index (χ3v) is 5.01. The maximum absolute atomic E-state index is 13.9. The summed E-state index contributed by atoms with van der Waals surface area (Å²) in [4.78, 5) is 21.0. The van der Waals surface area contributed by atoms with Crippen molar-refractivity contribution < 1.29 is 37.0 Å². The molecule has 9 nitrogen and oxygen atoms in total. The fraction of sp³-hybridized carbons (Fsp3) is 0.429. The number of carbonyl (C=O) groups excluding carboxylic acids is 1. The summed E-state index contributed by atoms with van der Waals surface area (Å²) in [5, 5.41) is 8.93. The molecule has 0 aromatic heterocycles. The van der Waals surface area contributed by atoms with Gasteiger partial charge in [0.05, 0.1) is 24.3 Å². The van der Waals surface area contributed by atoms with Crippen molar-refractivity contribution in [3.05, 3.63) is 29.6 Å². The monoisotopic (exact) mass is 376 g/mol. The standard InChI is InChI=1S/C14H17FN2O7S/c15-9-2-1-8(14(19)20)5-12(9)25(21,22)17-10-6-23-4-3-11(10)24-7-13(16)18/h1-2,5,10-11,17H,3-4,6-7H2,(H2,16,18)(H,19,20)/t10-,11+/m1/s1. The number of nitrogens with two attached hydrogens (primary N) is 1. The van der Waals surface area contributed by atoms with Crippen LogP contribution in [0.2, 0.25) is 0 Å². The van der Waals surface area contributed by atoms with Crippen LogP contribution < -0.4 is 10.5 Å². The van der Waals surface area contributed by atoms with Crippen LogP contribution >= 0.6 is 0 Å². The number of carboxylic acid groups (broad SMARTS) is 1. The third kappa shape index (κ3) is 4.95. The number of primary amides is 1. The molecule has 0 radical (unpaired) electrons. The number of halogens is 1. The molecular weight excluding hydrogens is 359 g/mol. The molecule has 0 bridgehead atoms. The summed E-state index contributed by atoms with van der Waals surface area (Å²) in [6, 6.07) is 1.56. The fourth-order valence-corrected chi connectivity index (χ4v) is 3.67. The van der Waals surface area contributed by atoms with Gasteiger partial charge in [0.2, 0.25) is 15.9 Å². The number of carbonyl (C=O) groups is 2. The van der Waals surface area contributed by atoms with Crippen molar-refractivity contribution in [3.63, 3.8) is 0 Å². The zero-order chi connectivity index (χ0) is 18.6. The molecule has 1 aliphatic heterocycles. The van der Waals surface area contributed by atoms with Crippen molar-refractivity contribution >= 4 is 21.9 Å². The molecule has 4 N–H and O–H groups in total. The molecule has 25 heavy (non-hydrogen) atoms. The lowest BCUT2D eigenvalue weighted by Gasteiger charge is -2.31. The van der Waals surface area contributed by atoms with Gasteiger partial charge in [0, 0.05) is 6.61 Å². The van der Waals surface area contributed by atoms with Gasteiger partial charge in [-0.25, -0.2) is 22.3 Å². The summed E-state index contributed by atoms with van der Waals surface area (Å²) in [7, 11) is -4.38. The average Bonchev–Trinajstić information content (AvgIpc) is 2.53. The second-order valence-corrected chi connectivity index (χ2v) is 7.04. The Morgan fingerprint density at radius 1 is 1.44 bits per heavy atom. The van der Waals surface area contributed by atoms with Crippen LogP contribution in [0.5, 0.6) is 0 Å². The number of carboxylic acids is 1. The van der Waals surface area contributed by atoms with Gasteiger partial charge in [-0.2, -0.15) is 0 Å². The highest BCUT2D eigenvalue weighted by Gasteiger charge is 2.32. The minimum Gasteiger partial charge on any atom is -0.478 e. The van der Waals surface area contributed by atoms with Gasteiger partial charge in [0.15, 0.2) is 0 Å². The topological polar surface area (TPSA) is 145 Å². The number of hydrogen-bond acceptors (Lipinski definition) is 6. The molecule has 0 saturated carbocycles. The molecule has 0 aliphatic carbocycles. The summed E-state index contributed by atoms with van der Waals surface area (Å²) in [5.74, 6) is -3.20. The van der Waals surface area contributed by atoms with E-state index >= 15 is 0 Å². The smallest absolute Gasteiger partial charge is 0.335 e. The van der Waals surface area contributed by atoms with E-state index in [1.54, 1.807) is 0 Å². The number of nitrogens with one attached hydrogen (secondary N) is 1. The molecule has 2 rings (SSSR count). The Morgan fingerprint density at radius 3 is 2.80 bits per heavy atom. The van der Waals surface area contributed by atoms with Gasteiger partial charge in [-0.15, -0.1) is 0 Å². The lowest BCUT2D eigenvalue weighted by molar-refractivity contribution is -0.127. The van der Waals surface area contributed by atoms with Gasteiger partial charge in [0.25, 0.3) is 0 Å². The van der Waals surface area contributed by atoms with Crippen molar-refractivity contribution in [2.75, 3.05) is 19.8 Å². The molecule has 1 heterocycles. The van der Waals surface area contributed by atoms with Crippen molar-refractivity contribution in [1.29, 1.82) is 0 Å². The number of hydrogen-bond donors (Lipinski definition) is 3. The fourth-order valence-electron chi connectivity index (χ4n) is 2.32. The predicted molar refractivity (Wildman–Crippen MR) is 81.8 cm³/mol. The third-order valence-electron chi connectivity index (χ3n) is 3.51. The quantitative estimate of drug-likeness (QED) is 0.579. The highest BCUT2D eigenvalue weighted by atomic mass is 32.2. The number of sulfonamides is 1. The summed E-state index contributed by atoms with van der Waals surface area (Å²) >= 11 is 0. The first-order valence-corrected chi connectivity index (χ1v) is 8.72. The summed E-state index contributed by atoms with van der Waals surface area (Å²) < 4.78 is 51.4. The van der Waals surface area contributed by atoms with E-state index < -0.39 is 51.4 Å². The van der Waals surface area contributed by atoms with Gasteiger partial charge < -0.3 is 20.3 Å². The Bertz CT molecular complexity index is 768. The predicted octanol–water partition coefficient (Wildman–Crippen LogP) is -0.538. The number of ether oxygens (including phenoxy) is 2. The molecule has 1 aromatic rings. The molecular formula is C14H17FN2O7S. The lowest BCUT2D eigenvalue weighted by Crippen LogP contribution is -2.51. The first kappa shape index (κ1) is 19.2. The summed E-state index contributed by atoms with van der Waals surface area (Å²) in [6.45, 7) is -0.154. The second-order valence-electron chi connectivity index (χ2n) is 5.36. The molecule has 2 atom stereocenters. The van der Waals surface area contributed by atoms with Crippen molar-refractivity contribution in [2.24, 2.45) is 5.73 Å². The van der Waals surface area contributed by atoms with E-state index in [4.69, 9.17) is 20.3 Å². The van der Waals surface area contributed by atoms with Crippen LogP contribution in [0.4, 0.5) is 4.39 Å². The zero-order valence-corrected chi connectivity index (χ0v) is 13.8.